The van der Waals surface area contributed by atoms with Gasteiger partial charge in [0.25, 0.3) is 0 Å². The van der Waals surface area contributed by atoms with Crippen molar-refractivity contribution in [3.8, 4) is 17.7 Å². The highest BCUT2D eigenvalue weighted by Gasteiger charge is 2.16. The number of nitrogens with zero attached hydrogens (tertiary/aromatic N) is 3. The second-order valence-corrected chi connectivity index (χ2v) is 3.97. The van der Waals surface area contributed by atoms with Crippen LogP contribution in [0, 0.1) is 27.3 Å². The molecule has 0 N–H and O–H groups in total. The molecule has 0 unspecified atom stereocenters. The first-order valence-electron chi connectivity index (χ1n) is 5.19. The van der Waals surface area contributed by atoms with Crippen molar-refractivity contribution in [2.24, 2.45) is 0 Å². The van der Waals surface area contributed by atoms with E-state index in [1.54, 1.807) is 6.07 Å². The third-order valence-electron chi connectivity index (χ3n) is 2.26. The summed E-state index contributed by atoms with van der Waals surface area (Å²) in [5, 5.41) is 19.3. The van der Waals surface area contributed by atoms with E-state index in [9.17, 15) is 14.5 Å². The quantitative estimate of drug-likeness (QED) is 0.638. The molecule has 0 spiro atoms. The maximum atomic E-state index is 13.0. The summed E-state index contributed by atoms with van der Waals surface area (Å²) in [5.41, 5.74) is -0.794. The Hall–Kier alpha value is -2.72. The summed E-state index contributed by atoms with van der Waals surface area (Å²) in [6.07, 6.45) is 0. The number of hydrogen-bond acceptors (Lipinski definition) is 5. The molecule has 1 heterocycles. The second kappa shape index (κ2) is 5.50. The lowest BCUT2D eigenvalue weighted by atomic mass is 10.3. The van der Waals surface area contributed by atoms with Crippen molar-refractivity contribution in [2.45, 2.75) is 0 Å². The van der Waals surface area contributed by atoms with Gasteiger partial charge in [0, 0.05) is 18.2 Å². The van der Waals surface area contributed by atoms with E-state index in [0.717, 1.165) is 12.1 Å². The minimum absolute atomic E-state index is 0.0326. The number of aromatic nitrogens is 1. The van der Waals surface area contributed by atoms with Crippen molar-refractivity contribution < 1.29 is 14.1 Å². The van der Waals surface area contributed by atoms with Gasteiger partial charge in [-0.05, 0) is 12.1 Å². The van der Waals surface area contributed by atoms with Crippen LogP contribution in [0.2, 0.25) is 5.02 Å². The average Bonchev–Trinajstić information content (AvgIpc) is 2.42. The highest BCUT2D eigenvalue weighted by Crippen LogP contribution is 2.27. The summed E-state index contributed by atoms with van der Waals surface area (Å²) in [4.78, 5) is 13.6. The molecule has 0 fully saturated rings. The molecule has 0 aliphatic heterocycles. The Labute approximate surface area is 117 Å². The predicted molar refractivity (Wildman–Crippen MR) is 67.1 cm³/mol. The molecule has 8 heteroatoms. The molecular weight excluding hydrogens is 289 g/mol. The van der Waals surface area contributed by atoms with Crippen LogP contribution in [0.5, 0.6) is 11.6 Å². The first kappa shape index (κ1) is 13.7. The normalized spacial score (nSPS) is 9.85. The van der Waals surface area contributed by atoms with Gasteiger partial charge < -0.3 is 4.74 Å². The Morgan fingerprint density at radius 1 is 1.40 bits per heavy atom. The summed E-state index contributed by atoms with van der Waals surface area (Å²) in [6, 6.07) is 7.59. The third-order valence-corrected chi connectivity index (χ3v) is 2.55. The highest BCUT2D eigenvalue weighted by atomic mass is 35.5. The van der Waals surface area contributed by atoms with Gasteiger partial charge >= 0.3 is 5.69 Å². The van der Waals surface area contributed by atoms with Crippen LogP contribution < -0.4 is 4.74 Å². The van der Waals surface area contributed by atoms with Crippen molar-refractivity contribution in [1.82, 2.24) is 4.98 Å². The van der Waals surface area contributed by atoms with Crippen molar-refractivity contribution >= 4 is 17.3 Å². The largest absolute Gasteiger partial charge is 0.439 e. The average molecular weight is 294 g/mol. The molecule has 100 valence electrons. The number of ether oxygens (including phenoxy) is 1. The Bertz CT molecular complexity index is 730. The smallest absolute Gasteiger partial charge is 0.305 e. The zero-order chi connectivity index (χ0) is 14.7. The first-order valence-corrected chi connectivity index (χ1v) is 5.57. The monoisotopic (exact) mass is 293 g/mol. The van der Waals surface area contributed by atoms with Crippen LogP contribution >= 0.6 is 11.6 Å². The Balaban J connectivity index is 2.32. The Morgan fingerprint density at radius 3 is 2.75 bits per heavy atom. The van der Waals surface area contributed by atoms with Crippen molar-refractivity contribution in [3.63, 3.8) is 0 Å². The van der Waals surface area contributed by atoms with Gasteiger partial charge in [0.15, 0.2) is 0 Å². The molecule has 0 radical (unpaired) electrons. The van der Waals surface area contributed by atoms with E-state index < -0.39 is 16.4 Å². The van der Waals surface area contributed by atoms with E-state index in [2.05, 4.69) is 4.98 Å². The fourth-order valence-corrected chi connectivity index (χ4v) is 1.55. The molecule has 0 bridgehead atoms. The molecule has 0 atom stereocenters. The van der Waals surface area contributed by atoms with E-state index in [4.69, 9.17) is 21.6 Å². The minimum Gasteiger partial charge on any atom is -0.439 e. The van der Waals surface area contributed by atoms with Crippen LogP contribution in [-0.2, 0) is 0 Å². The van der Waals surface area contributed by atoms with Gasteiger partial charge in [0.1, 0.15) is 17.6 Å². The van der Waals surface area contributed by atoms with Gasteiger partial charge in [-0.1, -0.05) is 11.6 Å². The molecule has 0 saturated carbocycles. The van der Waals surface area contributed by atoms with Crippen LogP contribution in [0.25, 0.3) is 0 Å². The minimum atomic E-state index is -0.718. The number of benzene rings is 1. The molecule has 20 heavy (non-hydrogen) atoms. The Kier molecular flexibility index (Phi) is 3.77. The molecule has 0 aliphatic rings. The lowest BCUT2D eigenvalue weighted by Crippen LogP contribution is -1.97. The van der Waals surface area contributed by atoms with Crippen molar-refractivity contribution in [2.75, 3.05) is 0 Å². The SMILES string of the molecule is N#Cc1nc(Oc2ccc(F)c(Cl)c2)ccc1[N+](=O)[O-]. The standard InChI is InChI=1S/C12H5ClFN3O3/c13-8-5-7(1-2-9(8)14)20-12-4-3-11(17(18)19)10(6-15)16-12/h1-5H. The molecule has 0 amide bonds. The van der Waals surface area contributed by atoms with E-state index in [-0.39, 0.29) is 22.3 Å². The zero-order valence-corrected chi connectivity index (χ0v) is 10.5. The van der Waals surface area contributed by atoms with Crippen molar-refractivity contribution in [1.29, 1.82) is 5.26 Å². The van der Waals surface area contributed by atoms with Crippen molar-refractivity contribution in [3.05, 3.63) is 57.0 Å². The summed E-state index contributed by atoms with van der Waals surface area (Å²) in [6.45, 7) is 0. The van der Waals surface area contributed by atoms with Crippen LogP contribution in [0.3, 0.4) is 0 Å². The first-order chi connectivity index (χ1) is 9.51. The molecule has 2 aromatic rings. The van der Waals surface area contributed by atoms with Crippen LogP contribution in [-0.4, -0.2) is 9.91 Å². The third kappa shape index (κ3) is 2.81. The molecule has 0 aliphatic carbocycles. The molecule has 2 rings (SSSR count). The Morgan fingerprint density at radius 2 is 2.15 bits per heavy atom. The fraction of sp³-hybridized carbons (Fsp3) is 0. The maximum Gasteiger partial charge on any atom is 0.305 e. The van der Waals surface area contributed by atoms with Gasteiger partial charge in [-0.3, -0.25) is 10.1 Å². The van der Waals surface area contributed by atoms with E-state index in [1.807, 2.05) is 0 Å². The van der Waals surface area contributed by atoms with Gasteiger partial charge in [-0.15, -0.1) is 0 Å². The summed E-state index contributed by atoms with van der Waals surface area (Å²) in [5.74, 6) is -0.440. The summed E-state index contributed by atoms with van der Waals surface area (Å²) in [7, 11) is 0. The highest BCUT2D eigenvalue weighted by molar-refractivity contribution is 6.30. The van der Waals surface area contributed by atoms with E-state index >= 15 is 0 Å². The number of rotatable bonds is 3. The lowest BCUT2D eigenvalue weighted by Gasteiger charge is -2.05. The van der Waals surface area contributed by atoms with Crippen LogP contribution in [0.4, 0.5) is 10.1 Å². The number of nitro groups is 1. The van der Waals surface area contributed by atoms with Gasteiger partial charge in [0.05, 0.1) is 9.95 Å². The lowest BCUT2D eigenvalue weighted by molar-refractivity contribution is -0.385. The predicted octanol–water partition coefficient (Wildman–Crippen LogP) is 3.45. The second-order valence-electron chi connectivity index (χ2n) is 3.56. The number of pyridine rings is 1. The maximum absolute atomic E-state index is 13.0. The zero-order valence-electron chi connectivity index (χ0n) is 9.71. The van der Waals surface area contributed by atoms with E-state index in [1.165, 1.54) is 18.2 Å². The molecule has 1 aromatic carbocycles. The fourth-order valence-electron chi connectivity index (χ4n) is 1.38. The molecule has 0 saturated heterocycles. The molecular formula is C12H5ClFN3O3. The topological polar surface area (TPSA) is 89.0 Å². The van der Waals surface area contributed by atoms with Crippen LogP contribution in [0.1, 0.15) is 5.69 Å². The summed E-state index contributed by atoms with van der Waals surface area (Å²) < 4.78 is 18.2. The number of hydrogen-bond donors (Lipinski definition) is 0. The molecule has 1 aromatic heterocycles. The summed E-state index contributed by atoms with van der Waals surface area (Å²) >= 11 is 5.59. The molecule has 6 nitrogen and oxygen atoms in total. The van der Waals surface area contributed by atoms with Crippen LogP contribution in [0.15, 0.2) is 30.3 Å². The van der Waals surface area contributed by atoms with Gasteiger partial charge in [-0.25, -0.2) is 4.39 Å². The number of halogens is 2. The number of nitriles is 1. The van der Waals surface area contributed by atoms with Gasteiger partial charge in [-0.2, -0.15) is 10.2 Å². The van der Waals surface area contributed by atoms with E-state index in [0.29, 0.717) is 0 Å². The van der Waals surface area contributed by atoms with Gasteiger partial charge in [0.2, 0.25) is 11.6 Å².